The van der Waals surface area contributed by atoms with E-state index >= 15 is 0 Å². The third kappa shape index (κ3) is 5.80. The van der Waals surface area contributed by atoms with Crippen LogP contribution in [0.25, 0.3) is 0 Å². The SMILES string of the molecule is C#CCNS(=O)(=O)c1cccc(Nc2ncc(F)c(Nc3ccc(C(N)S(=O)(=O)C4CC4)cc3)n2)c1. The van der Waals surface area contributed by atoms with Crippen molar-refractivity contribution in [3.05, 3.63) is 66.1 Å². The highest BCUT2D eigenvalue weighted by molar-refractivity contribution is 7.92. The summed E-state index contributed by atoms with van der Waals surface area (Å²) >= 11 is 0. The number of benzene rings is 2. The largest absolute Gasteiger partial charge is 0.338 e. The van der Waals surface area contributed by atoms with Gasteiger partial charge >= 0.3 is 0 Å². The van der Waals surface area contributed by atoms with Gasteiger partial charge in [-0.3, -0.25) is 0 Å². The first kappa shape index (κ1) is 25.5. The highest BCUT2D eigenvalue weighted by atomic mass is 32.2. The lowest BCUT2D eigenvalue weighted by molar-refractivity contribution is 0.582. The Kier molecular flexibility index (Phi) is 7.23. The van der Waals surface area contributed by atoms with Crippen LogP contribution < -0.4 is 21.1 Å². The van der Waals surface area contributed by atoms with Gasteiger partial charge in [-0.25, -0.2) is 26.2 Å². The molecule has 2 aromatic carbocycles. The van der Waals surface area contributed by atoms with Crippen LogP contribution in [0.15, 0.2) is 59.6 Å². The van der Waals surface area contributed by atoms with E-state index < -0.39 is 31.1 Å². The molecular formula is C23H23FN6O4S2. The summed E-state index contributed by atoms with van der Waals surface area (Å²) in [5.74, 6) is 1.34. The fraction of sp³-hybridized carbons (Fsp3) is 0.217. The number of rotatable bonds is 10. The van der Waals surface area contributed by atoms with Gasteiger partial charge in [-0.2, -0.15) is 9.71 Å². The Bertz CT molecular complexity index is 1520. The van der Waals surface area contributed by atoms with E-state index in [1.807, 2.05) is 0 Å². The molecule has 13 heteroatoms. The molecule has 1 saturated carbocycles. The van der Waals surface area contributed by atoms with Gasteiger partial charge in [0, 0.05) is 11.4 Å². The molecule has 36 heavy (non-hydrogen) atoms. The van der Waals surface area contributed by atoms with Gasteiger partial charge < -0.3 is 16.4 Å². The van der Waals surface area contributed by atoms with Crippen molar-refractivity contribution in [2.45, 2.75) is 28.4 Å². The first-order chi connectivity index (χ1) is 17.1. The molecule has 1 aromatic heterocycles. The van der Waals surface area contributed by atoms with E-state index in [0.717, 1.165) is 6.20 Å². The third-order valence-electron chi connectivity index (χ3n) is 5.35. The molecule has 1 heterocycles. The minimum absolute atomic E-state index is 0.0131. The lowest BCUT2D eigenvalue weighted by Crippen LogP contribution is -2.25. The van der Waals surface area contributed by atoms with E-state index in [4.69, 9.17) is 12.2 Å². The highest BCUT2D eigenvalue weighted by Crippen LogP contribution is 2.35. The lowest BCUT2D eigenvalue weighted by Gasteiger charge is -2.14. The first-order valence-electron chi connectivity index (χ1n) is 10.8. The average molecular weight is 531 g/mol. The minimum atomic E-state index is -3.81. The normalized spacial score (nSPS) is 14.6. The Labute approximate surface area is 208 Å². The molecule has 4 rings (SSSR count). The smallest absolute Gasteiger partial charge is 0.241 e. The molecule has 1 fully saturated rings. The molecule has 0 amide bonds. The fourth-order valence-electron chi connectivity index (χ4n) is 3.29. The maximum Gasteiger partial charge on any atom is 0.241 e. The molecule has 0 bridgehead atoms. The maximum absolute atomic E-state index is 14.4. The molecule has 0 aliphatic heterocycles. The molecule has 1 aliphatic rings. The summed E-state index contributed by atoms with van der Waals surface area (Å²) in [7, 11) is -7.24. The number of hydrogen-bond donors (Lipinski definition) is 4. The van der Waals surface area contributed by atoms with Crippen molar-refractivity contribution in [1.29, 1.82) is 0 Å². The van der Waals surface area contributed by atoms with E-state index in [0.29, 0.717) is 29.8 Å². The summed E-state index contributed by atoms with van der Waals surface area (Å²) in [6, 6.07) is 12.1. The number of halogens is 1. The topological polar surface area (TPSA) is 156 Å². The number of nitrogens with two attached hydrogens (primary N) is 1. The van der Waals surface area contributed by atoms with Gasteiger partial charge in [-0.05, 0) is 48.7 Å². The van der Waals surface area contributed by atoms with Crippen LogP contribution in [-0.2, 0) is 19.9 Å². The van der Waals surface area contributed by atoms with Gasteiger partial charge in [0.2, 0.25) is 16.0 Å². The van der Waals surface area contributed by atoms with Crippen LogP contribution in [0.3, 0.4) is 0 Å². The van der Waals surface area contributed by atoms with Crippen molar-refractivity contribution in [3.8, 4) is 12.3 Å². The summed E-state index contributed by atoms with van der Waals surface area (Å²) in [6.07, 6.45) is 7.32. The van der Waals surface area contributed by atoms with E-state index in [9.17, 15) is 21.2 Å². The zero-order valence-electron chi connectivity index (χ0n) is 18.8. The number of aromatic nitrogens is 2. The molecule has 1 aliphatic carbocycles. The van der Waals surface area contributed by atoms with Crippen molar-refractivity contribution in [1.82, 2.24) is 14.7 Å². The zero-order valence-corrected chi connectivity index (χ0v) is 20.5. The van der Waals surface area contributed by atoms with Gasteiger partial charge in [0.25, 0.3) is 0 Å². The standard InChI is InChI=1S/C23H23FN6O4S2/c1-2-12-27-36(33,34)19-5-3-4-17(13-19)29-23-26-14-20(24)22(30-23)28-16-8-6-15(7-9-16)21(25)35(31,32)18-10-11-18/h1,3-9,13-14,18,21,27H,10-12,25H2,(H2,26,28,29,30). The van der Waals surface area contributed by atoms with Crippen LogP contribution in [0.5, 0.6) is 0 Å². The Balaban J connectivity index is 1.49. The average Bonchev–Trinajstić information content (AvgIpc) is 3.71. The molecule has 188 valence electrons. The van der Waals surface area contributed by atoms with Crippen molar-refractivity contribution in [2.24, 2.45) is 5.73 Å². The Morgan fingerprint density at radius 3 is 2.47 bits per heavy atom. The van der Waals surface area contributed by atoms with Crippen LogP contribution in [-0.4, -0.2) is 38.6 Å². The van der Waals surface area contributed by atoms with E-state index in [1.54, 1.807) is 30.3 Å². The summed E-state index contributed by atoms with van der Waals surface area (Å²) in [5, 5.41) is 4.15. The number of anilines is 4. The van der Waals surface area contributed by atoms with Gasteiger partial charge in [0.05, 0.1) is 22.9 Å². The number of nitrogens with zero attached hydrogens (tertiary/aromatic N) is 2. The number of sulfonamides is 1. The number of terminal acetylenes is 1. The number of hydrogen-bond acceptors (Lipinski definition) is 9. The van der Waals surface area contributed by atoms with E-state index in [-0.39, 0.29) is 28.5 Å². The van der Waals surface area contributed by atoms with Gasteiger partial charge in [-0.15, -0.1) is 6.42 Å². The molecule has 0 saturated heterocycles. The second kappa shape index (κ2) is 10.2. The predicted octanol–water partition coefficient (Wildman–Crippen LogP) is 2.55. The summed E-state index contributed by atoms with van der Waals surface area (Å²) < 4.78 is 65.9. The molecule has 3 aromatic rings. The molecule has 5 N–H and O–H groups in total. The zero-order chi connectivity index (χ0) is 25.9. The van der Waals surface area contributed by atoms with Crippen LogP contribution >= 0.6 is 0 Å². The third-order valence-corrected chi connectivity index (χ3v) is 9.13. The summed E-state index contributed by atoms with van der Waals surface area (Å²) in [6.45, 7) is -0.153. The summed E-state index contributed by atoms with van der Waals surface area (Å²) in [5.41, 5.74) is 7.19. The second-order valence-electron chi connectivity index (χ2n) is 8.03. The van der Waals surface area contributed by atoms with Crippen LogP contribution in [0.4, 0.5) is 27.5 Å². The first-order valence-corrected chi connectivity index (χ1v) is 13.9. The van der Waals surface area contributed by atoms with Crippen LogP contribution in [0.1, 0.15) is 23.8 Å². The molecule has 0 radical (unpaired) electrons. The lowest BCUT2D eigenvalue weighted by atomic mass is 10.2. The molecular weight excluding hydrogens is 507 g/mol. The predicted molar refractivity (Wildman–Crippen MR) is 134 cm³/mol. The summed E-state index contributed by atoms with van der Waals surface area (Å²) in [4.78, 5) is 7.98. The number of sulfone groups is 1. The van der Waals surface area contributed by atoms with Gasteiger partial charge in [0.1, 0.15) is 5.37 Å². The maximum atomic E-state index is 14.4. The monoisotopic (exact) mass is 530 g/mol. The molecule has 1 unspecified atom stereocenters. The van der Waals surface area contributed by atoms with E-state index in [1.165, 1.54) is 18.2 Å². The highest BCUT2D eigenvalue weighted by Gasteiger charge is 2.40. The number of nitrogens with one attached hydrogen (secondary N) is 3. The Morgan fingerprint density at radius 1 is 1.08 bits per heavy atom. The molecule has 10 nitrogen and oxygen atoms in total. The van der Waals surface area contributed by atoms with Crippen LogP contribution in [0.2, 0.25) is 0 Å². The van der Waals surface area contributed by atoms with Gasteiger partial charge in [0.15, 0.2) is 21.5 Å². The van der Waals surface area contributed by atoms with Crippen molar-refractivity contribution in [3.63, 3.8) is 0 Å². The van der Waals surface area contributed by atoms with Crippen LogP contribution in [0, 0.1) is 18.2 Å². The van der Waals surface area contributed by atoms with Crippen molar-refractivity contribution < 1.29 is 21.2 Å². The van der Waals surface area contributed by atoms with Gasteiger partial charge in [-0.1, -0.05) is 24.1 Å². The second-order valence-corrected chi connectivity index (χ2v) is 12.1. The quantitative estimate of drug-likeness (QED) is 0.289. The van der Waals surface area contributed by atoms with Crippen molar-refractivity contribution >= 4 is 43.0 Å². The molecule has 0 spiro atoms. The molecule has 1 atom stereocenters. The Hall–Kier alpha value is -3.57. The van der Waals surface area contributed by atoms with E-state index in [2.05, 4.69) is 31.2 Å². The van der Waals surface area contributed by atoms with Crippen molar-refractivity contribution in [2.75, 3.05) is 17.2 Å². The minimum Gasteiger partial charge on any atom is -0.338 e. The Morgan fingerprint density at radius 2 is 1.81 bits per heavy atom. The fourth-order valence-corrected chi connectivity index (χ4v) is 6.02.